The van der Waals surface area contributed by atoms with Gasteiger partial charge in [-0.15, -0.1) is 12.4 Å². The van der Waals surface area contributed by atoms with Crippen molar-refractivity contribution in [2.75, 3.05) is 23.9 Å². The third kappa shape index (κ3) is 4.25. The lowest BCUT2D eigenvalue weighted by Crippen LogP contribution is -2.31. The average molecular weight is 402 g/mol. The number of halogens is 2. The van der Waals surface area contributed by atoms with E-state index >= 15 is 0 Å². The van der Waals surface area contributed by atoms with Crippen molar-refractivity contribution in [3.8, 4) is 5.75 Å². The first-order chi connectivity index (χ1) is 10.6. The summed E-state index contributed by atoms with van der Waals surface area (Å²) in [5.74, 6) is 1.50. The van der Waals surface area contributed by atoms with Crippen LogP contribution in [-0.4, -0.2) is 35.0 Å². The molecule has 2 N–H and O–H groups in total. The van der Waals surface area contributed by atoms with Gasteiger partial charge in [0.2, 0.25) is 5.95 Å². The number of aromatic nitrogens is 2. The molecule has 0 aliphatic carbocycles. The smallest absolute Gasteiger partial charge is 0.229 e. The molecular weight excluding hydrogens is 384 g/mol. The molecule has 3 rings (SSSR count). The van der Waals surface area contributed by atoms with Crippen LogP contribution in [0.1, 0.15) is 12.8 Å². The lowest BCUT2D eigenvalue weighted by atomic mass is 10.3. The van der Waals surface area contributed by atoms with Crippen LogP contribution in [0.5, 0.6) is 5.75 Å². The predicted octanol–water partition coefficient (Wildman–Crippen LogP) is 3.68. The molecule has 0 saturated carbocycles. The maximum absolute atomic E-state index is 9.31. The zero-order valence-corrected chi connectivity index (χ0v) is 15.0. The van der Waals surface area contributed by atoms with Crippen molar-refractivity contribution in [1.29, 1.82) is 0 Å². The van der Waals surface area contributed by atoms with Gasteiger partial charge in [0.1, 0.15) is 17.8 Å². The second-order valence-electron chi connectivity index (χ2n) is 5.12. The normalized spacial score (nSPS) is 16.7. The molecule has 0 radical (unpaired) electrons. The van der Waals surface area contributed by atoms with Crippen LogP contribution in [0.15, 0.2) is 34.9 Å². The molecule has 6 nitrogen and oxygen atoms in total. The molecule has 2 heterocycles. The second kappa shape index (κ2) is 7.81. The molecule has 1 saturated heterocycles. The standard InChI is InChI=1S/C15H17BrN4O2.ClH/c1-20(13-3-2-8-22-13)14-12(16)9-17-15(19-14)18-10-4-6-11(21)7-5-10;/h4-7,9,13,21H,2-3,8H2,1H3,(H,17,18,19);1H. The van der Waals surface area contributed by atoms with Gasteiger partial charge < -0.3 is 20.1 Å². The molecule has 0 amide bonds. The van der Waals surface area contributed by atoms with Gasteiger partial charge in [0.15, 0.2) is 0 Å². The number of nitrogens with one attached hydrogen (secondary N) is 1. The summed E-state index contributed by atoms with van der Waals surface area (Å²) in [4.78, 5) is 10.8. The van der Waals surface area contributed by atoms with Gasteiger partial charge in [-0.3, -0.25) is 0 Å². The minimum absolute atomic E-state index is 0. The third-order valence-electron chi connectivity index (χ3n) is 3.52. The highest BCUT2D eigenvalue weighted by Gasteiger charge is 2.23. The summed E-state index contributed by atoms with van der Waals surface area (Å²) in [6.45, 7) is 0.788. The zero-order chi connectivity index (χ0) is 15.5. The number of ether oxygens (including phenoxy) is 1. The Labute approximate surface area is 149 Å². The summed E-state index contributed by atoms with van der Waals surface area (Å²) >= 11 is 3.49. The van der Waals surface area contributed by atoms with E-state index in [1.807, 2.05) is 11.9 Å². The monoisotopic (exact) mass is 400 g/mol. The fraction of sp³-hybridized carbons (Fsp3) is 0.333. The van der Waals surface area contributed by atoms with Crippen LogP contribution in [0.3, 0.4) is 0 Å². The first-order valence-electron chi connectivity index (χ1n) is 7.06. The summed E-state index contributed by atoms with van der Waals surface area (Å²) in [6, 6.07) is 6.76. The highest BCUT2D eigenvalue weighted by atomic mass is 79.9. The van der Waals surface area contributed by atoms with Gasteiger partial charge in [0, 0.05) is 25.5 Å². The number of hydrogen-bond acceptors (Lipinski definition) is 6. The summed E-state index contributed by atoms with van der Waals surface area (Å²) in [5.41, 5.74) is 0.811. The second-order valence-corrected chi connectivity index (χ2v) is 5.97. The maximum atomic E-state index is 9.31. The van der Waals surface area contributed by atoms with E-state index in [4.69, 9.17) is 4.74 Å². The Bertz CT molecular complexity index is 650. The third-order valence-corrected chi connectivity index (χ3v) is 4.08. The van der Waals surface area contributed by atoms with Crippen molar-refractivity contribution in [2.45, 2.75) is 19.1 Å². The van der Waals surface area contributed by atoms with Crippen LogP contribution < -0.4 is 10.2 Å². The summed E-state index contributed by atoms with van der Waals surface area (Å²) in [5, 5.41) is 12.4. The number of rotatable bonds is 4. The van der Waals surface area contributed by atoms with E-state index in [-0.39, 0.29) is 24.4 Å². The van der Waals surface area contributed by atoms with Gasteiger partial charge in [0.25, 0.3) is 0 Å². The summed E-state index contributed by atoms with van der Waals surface area (Å²) < 4.78 is 6.51. The molecular formula is C15H18BrClN4O2. The quantitative estimate of drug-likeness (QED) is 0.762. The van der Waals surface area contributed by atoms with Crippen LogP contribution in [0.4, 0.5) is 17.5 Å². The number of phenols is 1. The van der Waals surface area contributed by atoms with Gasteiger partial charge in [-0.05, 0) is 53.0 Å². The van der Waals surface area contributed by atoms with Crippen molar-refractivity contribution >= 4 is 45.8 Å². The Hall–Kier alpha value is -1.57. The number of nitrogens with zero attached hydrogens (tertiary/aromatic N) is 3. The van der Waals surface area contributed by atoms with E-state index in [1.54, 1.807) is 30.5 Å². The van der Waals surface area contributed by atoms with E-state index in [0.29, 0.717) is 5.95 Å². The molecule has 1 unspecified atom stereocenters. The van der Waals surface area contributed by atoms with Gasteiger partial charge in [-0.1, -0.05) is 0 Å². The highest BCUT2D eigenvalue weighted by Crippen LogP contribution is 2.29. The van der Waals surface area contributed by atoms with E-state index < -0.39 is 0 Å². The maximum Gasteiger partial charge on any atom is 0.229 e. The minimum Gasteiger partial charge on any atom is -0.508 e. The zero-order valence-electron chi connectivity index (χ0n) is 12.6. The molecule has 1 aliphatic rings. The number of anilines is 3. The number of phenolic OH excluding ortho intramolecular Hbond substituents is 1. The van der Waals surface area contributed by atoms with E-state index in [0.717, 1.165) is 35.4 Å². The Morgan fingerprint density at radius 2 is 2.09 bits per heavy atom. The lowest BCUT2D eigenvalue weighted by molar-refractivity contribution is 0.111. The summed E-state index contributed by atoms with van der Waals surface area (Å²) in [6.07, 6.45) is 3.83. The van der Waals surface area contributed by atoms with Gasteiger partial charge in [0.05, 0.1) is 4.47 Å². The van der Waals surface area contributed by atoms with Crippen LogP contribution >= 0.6 is 28.3 Å². The van der Waals surface area contributed by atoms with E-state index in [1.165, 1.54) is 0 Å². The molecule has 1 aromatic carbocycles. The van der Waals surface area contributed by atoms with Crippen molar-refractivity contribution in [2.24, 2.45) is 0 Å². The highest BCUT2D eigenvalue weighted by molar-refractivity contribution is 9.10. The molecule has 124 valence electrons. The van der Waals surface area contributed by atoms with Gasteiger partial charge >= 0.3 is 0 Å². The Morgan fingerprint density at radius 1 is 1.35 bits per heavy atom. The van der Waals surface area contributed by atoms with Crippen LogP contribution in [0.2, 0.25) is 0 Å². The Balaban J connectivity index is 0.00000192. The minimum atomic E-state index is 0. The Kier molecular flexibility index (Phi) is 6.04. The van der Waals surface area contributed by atoms with Crippen LogP contribution in [0.25, 0.3) is 0 Å². The molecule has 1 fully saturated rings. The molecule has 2 aromatic rings. The first kappa shape index (κ1) is 17.8. The van der Waals surface area contributed by atoms with Crippen molar-refractivity contribution in [3.63, 3.8) is 0 Å². The van der Waals surface area contributed by atoms with Crippen LogP contribution in [0, 0.1) is 0 Å². The fourth-order valence-corrected chi connectivity index (χ4v) is 2.81. The average Bonchev–Trinajstić information content (AvgIpc) is 3.05. The molecule has 1 aliphatic heterocycles. The van der Waals surface area contributed by atoms with Crippen molar-refractivity contribution in [1.82, 2.24) is 9.97 Å². The molecule has 1 atom stereocenters. The molecule has 23 heavy (non-hydrogen) atoms. The first-order valence-corrected chi connectivity index (χ1v) is 7.86. The molecule has 0 spiro atoms. The SMILES string of the molecule is CN(c1nc(Nc2ccc(O)cc2)ncc1Br)C1CCCO1.Cl. The topological polar surface area (TPSA) is 70.5 Å². The molecule has 8 heteroatoms. The predicted molar refractivity (Wildman–Crippen MR) is 95.7 cm³/mol. The molecule has 1 aromatic heterocycles. The van der Waals surface area contributed by atoms with E-state index in [9.17, 15) is 5.11 Å². The van der Waals surface area contributed by atoms with Gasteiger partial charge in [-0.2, -0.15) is 4.98 Å². The van der Waals surface area contributed by atoms with Gasteiger partial charge in [-0.25, -0.2) is 4.98 Å². The fourth-order valence-electron chi connectivity index (χ4n) is 2.34. The van der Waals surface area contributed by atoms with Crippen LogP contribution in [-0.2, 0) is 4.74 Å². The Morgan fingerprint density at radius 3 is 2.74 bits per heavy atom. The summed E-state index contributed by atoms with van der Waals surface area (Å²) in [7, 11) is 1.97. The largest absolute Gasteiger partial charge is 0.508 e. The number of hydrogen-bond donors (Lipinski definition) is 2. The number of benzene rings is 1. The lowest BCUT2D eigenvalue weighted by Gasteiger charge is -2.25. The number of aromatic hydroxyl groups is 1. The molecule has 0 bridgehead atoms. The van der Waals surface area contributed by atoms with E-state index in [2.05, 4.69) is 31.2 Å². The van der Waals surface area contributed by atoms with Crippen molar-refractivity contribution in [3.05, 3.63) is 34.9 Å². The van der Waals surface area contributed by atoms with Crippen molar-refractivity contribution < 1.29 is 9.84 Å².